The zero-order chi connectivity index (χ0) is 0. The molecule has 0 aromatic rings. The van der Waals surface area contributed by atoms with Crippen LogP contribution in [0, 0.1) is 0 Å². The van der Waals surface area contributed by atoms with E-state index in [1.807, 2.05) is 0 Å². The average Bonchev–Trinajstić information content (AvgIpc) is 0. The van der Waals surface area contributed by atoms with Crippen molar-refractivity contribution in [3.63, 3.8) is 0 Å². The Balaban J connectivity index is 0. The topological polar surface area (TPSA) is 28.5 Å². The van der Waals surface area contributed by atoms with Gasteiger partial charge in [-0.3, -0.25) is 0 Å². The van der Waals surface area contributed by atoms with Crippen molar-refractivity contribution in [2.24, 2.45) is 0 Å². The molecule has 0 saturated heterocycles. The SMILES string of the molecule is [Cd].[Ga].[Ge].[In].[O-2].[Pb+2]. The van der Waals surface area contributed by atoms with Gasteiger partial charge in [-0.1, -0.05) is 0 Å². The van der Waals surface area contributed by atoms with Gasteiger partial charge in [0, 0.05) is 90.5 Å². The van der Waals surface area contributed by atoms with E-state index in [0.717, 1.165) is 0 Å². The molecule has 0 fully saturated rings. The molecule has 0 spiro atoms. The van der Waals surface area contributed by atoms with Crippen LogP contribution in [0.25, 0.3) is 0 Å². The van der Waals surface area contributed by atoms with Gasteiger partial charge in [0.15, 0.2) is 0 Å². The molecule has 0 bridgehead atoms. The molecule has 22 valence electrons. The maximum Gasteiger partial charge on any atom is 2.00 e. The molecule has 6 heavy (non-hydrogen) atoms. The molecule has 0 unspecified atom stereocenters. The van der Waals surface area contributed by atoms with Crippen molar-refractivity contribution in [1.29, 1.82) is 0 Å². The molecular formula is CdGaGeInOPb. The van der Waals surface area contributed by atoms with Crippen molar-refractivity contribution >= 4 is 90.5 Å². The smallest absolute Gasteiger partial charge is 2.00 e. The Kier molecular flexibility index (Phi) is 319. The summed E-state index contributed by atoms with van der Waals surface area (Å²) in [6, 6.07) is 0. The first kappa shape index (κ1) is 52.0. The van der Waals surface area contributed by atoms with E-state index < -0.39 is 0 Å². The number of hydrogen-bond donors (Lipinski definition) is 0. The van der Waals surface area contributed by atoms with Crippen LogP contribution in [0.15, 0.2) is 0 Å². The quantitative estimate of drug-likeness (QED) is 0.302. The molecule has 0 aliphatic heterocycles. The molecule has 0 saturated carbocycles. The van der Waals surface area contributed by atoms with Gasteiger partial charge in [-0.05, 0) is 0 Å². The Morgan fingerprint density at radius 2 is 1.00 bits per heavy atom. The minimum absolute atomic E-state index is 0. The molecule has 1 nitrogen and oxygen atoms in total. The predicted octanol–water partition coefficient (Wildman–Crippen LogP) is -1.64. The average molecular weight is 593 g/mol. The Bertz CT molecular complexity index is 15.5. The zero-order valence-electron chi connectivity index (χ0n) is 3.27. The van der Waals surface area contributed by atoms with Crippen molar-refractivity contribution < 1.29 is 32.8 Å². The van der Waals surface area contributed by atoms with E-state index in [2.05, 4.69) is 0 Å². The Labute approximate surface area is 121 Å². The summed E-state index contributed by atoms with van der Waals surface area (Å²) in [6.45, 7) is 0. The van der Waals surface area contributed by atoms with Crippen molar-refractivity contribution in [3.8, 4) is 0 Å². The summed E-state index contributed by atoms with van der Waals surface area (Å²) in [4.78, 5) is 0. The first-order chi connectivity index (χ1) is 0. The van der Waals surface area contributed by atoms with Gasteiger partial charge in [-0.25, -0.2) is 0 Å². The molecule has 12 radical (unpaired) electrons. The van der Waals surface area contributed by atoms with Crippen molar-refractivity contribution in [2.45, 2.75) is 0 Å². The van der Waals surface area contributed by atoms with Crippen molar-refractivity contribution in [2.75, 3.05) is 0 Å². The van der Waals surface area contributed by atoms with Gasteiger partial charge in [0.25, 0.3) is 0 Å². The van der Waals surface area contributed by atoms with Gasteiger partial charge >= 0.3 is 27.3 Å². The molecule has 6 heteroatoms. The van der Waals surface area contributed by atoms with E-state index in [0.29, 0.717) is 0 Å². The summed E-state index contributed by atoms with van der Waals surface area (Å²) in [5.74, 6) is 0. The Morgan fingerprint density at radius 1 is 1.00 bits per heavy atom. The molecule has 0 aromatic carbocycles. The second-order valence-electron chi connectivity index (χ2n) is 0. The third-order valence-electron chi connectivity index (χ3n) is 0. The van der Waals surface area contributed by atoms with Crippen LogP contribution in [0.5, 0.6) is 0 Å². The van der Waals surface area contributed by atoms with E-state index in [1.165, 1.54) is 0 Å². The fraction of sp³-hybridized carbons (Fsp3) is 0. The van der Waals surface area contributed by atoms with Gasteiger partial charge in [-0.15, -0.1) is 0 Å². The molecule has 0 rings (SSSR count). The second-order valence-corrected chi connectivity index (χ2v) is 0. The van der Waals surface area contributed by atoms with Crippen LogP contribution in [-0.4, -0.2) is 90.5 Å². The third kappa shape index (κ3) is 24.8. The monoisotopic (exact) mass is 596 g/mol. The summed E-state index contributed by atoms with van der Waals surface area (Å²) in [6.07, 6.45) is 0. The second kappa shape index (κ2) is 36.8. The van der Waals surface area contributed by atoms with Crippen LogP contribution in [-0.2, 0) is 32.8 Å². The van der Waals surface area contributed by atoms with E-state index >= 15 is 0 Å². The number of rotatable bonds is 0. The van der Waals surface area contributed by atoms with Gasteiger partial charge in [0.05, 0.1) is 0 Å². The van der Waals surface area contributed by atoms with Crippen molar-refractivity contribution in [3.05, 3.63) is 0 Å². The summed E-state index contributed by atoms with van der Waals surface area (Å²) >= 11 is 0. The fourth-order valence-electron chi connectivity index (χ4n) is 0. The van der Waals surface area contributed by atoms with Crippen LogP contribution in [0.2, 0.25) is 0 Å². The van der Waals surface area contributed by atoms with Crippen LogP contribution in [0.1, 0.15) is 0 Å². The molecule has 0 N–H and O–H groups in total. The van der Waals surface area contributed by atoms with Gasteiger partial charge in [0.1, 0.15) is 0 Å². The predicted molar refractivity (Wildman–Crippen MR) is 23.7 cm³/mol. The molecular weight excluding hydrogens is 593 g/mol. The maximum atomic E-state index is 0. The molecule has 0 atom stereocenters. The fourth-order valence-corrected chi connectivity index (χ4v) is 0. The zero-order valence-corrected chi connectivity index (χ0v) is 19.0. The molecule has 0 aliphatic rings. The first-order valence-corrected chi connectivity index (χ1v) is 0. The van der Waals surface area contributed by atoms with E-state index in [1.54, 1.807) is 0 Å². The van der Waals surface area contributed by atoms with Crippen LogP contribution < -0.4 is 0 Å². The van der Waals surface area contributed by atoms with E-state index in [4.69, 9.17) is 0 Å². The van der Waals surface area contributed by atoms with Gasteiger partial charge < -0.3 is 5.48 Å². The van der Waals surface area contributed by atoms with Crippen molar-refractivity contribution in [1.82, 2.24) is 0 Å². The minimum atomic E-state index is 0. The largest absolute Gasteiger partial charge is 2.00 e. The van der Waals surface area contributed by atoms with E-state index in [-0.39, 0.29) is 123 Å². The van der Waals surface area contributed by atoms with E-state index in [9.17, 15) is 0 Å². The summed E-state index contributed by atoms with van der Waals surface area (Å²) < 4.78 is 0. The summed E-state index contributed by atoms with van der Waals surface area (Å²) in [5.41, 5.74) is 0. The molecule has 0 aliphatic carbocycles. The molecule has 0 aromatic heterocycles. The molecule has 0 heterocycles. The maximum absolute atomic E-state index is 0. The van der Waals surface area contributed by atoms with Crippen LogP contribution in [0.4, 0.5) is 0 Å². The first-order valence-electron chi connectivity index (χ1n) is 0. The number of hydrogen-bond acceptors (Lipinski definition) is 0. The molecule has 0 amide bonds. The summed E-state index contributed by atoms with van der Waals surface area (Å²) in [5, 5.41) is 0. The van der Waals surface area contributed by atoms with Crippen LogP contribution >= 0.6 is 0 Å². The third-order valence-corrected chi connectivity index (χ3v) is 0. The minimum Gasteiger partial charge on any atom is -2.00 e. The van der Waals surface area contributed by atoms with Gasteiger partial charge in [0.2, 0.25) is 0 Å². The standard InChI is InChI=1S/Cd.Ga.Ge.In.O.Pb/q;;;;-2;+2. The normalized spacial score (nSPS) is 0. The summed E-state index contributed by atoms with van der Waals surface area (Å²) in [7, 11) is 0. The van der Waals surface area contributed by atoms with Gasteiger partial charge in [-0.2, -0.15) is 0 Å². The Morgan fingerprint density at radius 3 is 1.00 bits per heavy atom. The Hall–Kier alpha value is 3.85. The van der Waals surface area contributed by atoms with Crippen LogP contribution in [0.3, 0.4) is 0 Å².